The van der Waals surface area contributed by atoms with Crippen molar-refractivity contribution in [1.29, 1.82) is 0 Å². The molecule has 0 saturated carbocycles. The van der Waals surface area contributed by atoms with Gasteiger partial charge in [-0.1, -0.05) is 31.2 Å². The summed E-state index contributed by atoms with van der Waals surface area (Å²) in [6, 6.07) is 16.0. The normalized spacial score (nSPS) is 10.5. The first-order valence-electron chi connectivity index (χ1n) is 8.29. The Bertz CT molecular complexity index is 858. The van der Waals surface area contributed by atoms with Gasteiger partial charge in [-0.2, -0.15) is 0 Å². The number of aryl methyl sites for hydroxylation is 1. The number of carbonyl (C=O) groups is 1. The van der Waals surface area contributed by atoms with E-state index in [1.54, 1.807) is 7.11 Å². The highest BCUT2D eigenvalue weighted by Crippen LogP contribution is 2.26. The van der Waals surface area contributed by atoms with Gasteiger partial charge >= 0.3 is 0 Å². The predicted octanol–water partition coefficient (Wildman–Crippen LogP) is 5.11. The van der Waals surface area contributed by atoms with E-state index < -0.39 is 0 Å². The zero-order chi connectivity index (χ0) is 18.4. The quantitative estimate of drug-likeness (QED) is 0.575. The van der Waals surface area contributed by atoms with Crippen LogP contribution in [0.15, 0.2) is 58.8 Å². The Hall–Kier alpha value is -2.31. The van der Waals surface area contributed by atoms with Crippen LogP contribution in [-0.2, 0) is 11.2 Å². The van der Waals surface area contributed by atoms with Gasteiger partial charge in [0.2, 0.25) is 5.91 Å². The molecule has 134 valence electrons. The molecule has 0 aliphatic rings. The fourth-order valence-electron chi connectivity index (χ4n) is 2.35. The number of thioether (sulfide) groups is 1. The Labute approximate surface area is 161 Å². The number of methoxy groups -OCH3 is 1. The lowest BCUT2D eigenvalue weighted by atomic mass is 10.1. The van der Waals surface area contributed by atoms with E-state index in [9.17, 15) is 4.79 Å². The number of nitrogens with one attached hydrogen (secondary N) is 1. The SMILES string of the molecule is CCc1ccc(-c2csc(NC(=O)CSc3ccc(OC)cc3)n2)cc1. The molecule has 0 atom stereocenters. The van der Waals surface area contributed by atoms with Crippen LogP contribution in [0.2, 0.25) is 0 Å². The summed E-state index contributed by atoms with van der Waals surface area (Å²) in [6.07, 6.45) is 1.02. The second-order valence-electron chi connectivity index (χ2n) is 5.60. The van der Waals surface area contributed by atoms with Crippen molar-refractivity contribution >= 4 is 34.1 Å². The Morgan fingerprint density at radius 1 is 1.15 bits per heavy atom. The van der Waals surface area contributed by atoms with Gasteiger partial charge in [0.1, 0.15) is 5.75 Å². The summed E-state index contributed by atoms with van der Waals surface area (Å²) in [6.45, 7) is 2.13. The molecule has 1 N–H and O–H groups in total. The maximum atomic E-state index is 12.1. The van der Waals surface area contributed by atoms with Gasteiger partial charge < -0.3 is 10.1 Å². The van der Waals surface area contributed by atoms with Gasteiger partial charge in [-0.15, -0.1) is 23.1 Å². The third-order valence-electron chi connectivity index (χ3n) is 3.84. The lowest BCUT2D eigenvalue weighted by molar-refractivity contribution is -0.113. The predicted molar refractivity (Wildman–Crippen MR) is 109 cm³/mol. The van der Waals surface area contributed by atoms with Gasteiger partial charge in [-0.25, -0.2) is 4.98 Å². The van der Waals surface area contributed by atoms with Crippen LogP contribution in [0.4, 0.5) is 5.13 Å². The van der Waals surface area contributed by atoms with Crippen LogP contribution in [0.1, 0.15) is 12.5 Å². The summed E-state index contributed by atoms with van der Waals surface area (Å²) in [5.74, 6) is 1.08. The zero-order valence-electron chi connectivity index (χ0n) is 14.7. The number of anilines is 1. The lowest BCUT2D eigenvalue weighted by Gasteiger charge is -2.04. The van der Waals surface area contributed by atoms with E-state index in [4.69, 9.17) is 4.74 Å². The molecule has 1 heterocycles. The largest absolute Gasteiger partial charge is 0.497 e. The van der Waals surface area contributed by atoms with Crippen molar-refractivity contribution in [2.75, 3.05) is 18.2 Å². The van der Waals surface area contributed by atoms with Gasteiger partial charge in [0.05, 0.1) is 18.6 Å². The molecular weight excluding hydrogens is 364 g/mol. The monoisotopic (exact) mass is 384 g/mol. The molecule has 2 aromatic carbocycles. The average Bonchev–Trinajstić information content (AvgIpc) is 3.15. The van der Waals surface area contributed by atoms with Crippen molar-refractivity contribution in [2.24, 2.45) is 0 Å². The Kier molecular flexibility index (Phi) is 6.30. The first-order chi connectivity index (χ1) is 12.7. The molecule has 0 aliphatic carbocycles. The van der Waals surface area contributed by atoms with Crippen molar-refractivity contribution in [3.05, 3.63) is 59.5 Å². The average molecular weight is 385 g/mol. The van der Waals surface area contributed by atoms with E-state index in [1.165, 1.54) is 28.7 Å². The number of thiazole rings is 1. The number of nitrogens with zero attached hydrogens (tertiary/aromatic N) is 1. The smallest absolute Gasteiger partial charge is 0.236 e. The third-order valence-corrected chi connectivity index (χ3v) is 5.61. The number of hydrogen-bond acceptors (Lipinski definition) is 5. The topological polar surface area (TPSA) is 51.2 Å². The molecule has 0 aliphatic heterocycles. The van der Waals surface area contributed by atoms with Crippen molar-refractivity contribution < 1.29 is 9.53 Å². The molecule has 0 radical (unpaired) electrons. The molecule has 0 unspecified atom stereocenters. The van der Waals surface area contributed by atoms with E-state index >= 15 is 0 Å². The number of carbonyl (C=O) groups excluding carboxylic acids is 1. The van der Waals surface area contributed by atoms with Crippen LogP contribution in [0, 0.1) is 0 Å². The minimum absolute atomic E-state index is 0.0620. The fraction of sp³-hybridized carbons (Fsp3) is 0.200. The van der Waals surface area contributed by atoms with Crippen molar-refractivity contribution in [1.82, 2.24) is 4.98 Å². The summed E-state index contributed by atoms with van der Waals surface area (Å²) >= 11 is 2.92. The molecule has 0 fully saturated rings. The molecule has 0 saturated heterocycles. The second kappa shape index (κ2) is 8.87. The first-order valence-corrected chi connectivity index (χ1v) is 10.2. The van der Waals surface area contributed by atoms with E-state index in [0.29, 0.717) is 10.9 Å². The minimum Gasteiger partial charge on any atom is -0.497 e. The number of ether oxygens (including phenoxy) is 1. The third kappa shape index (κ3) is 4.86. The standard InChI is InChI=1S/C20H20N2O2S2/c1-3-14-4-6-15(7-5-14)18-12-26-20(21-18)22-19(23)13-25-17-10-8-16(24-2)9-11-17/h4-12H,3,13H2,1-2H3,(H,21,22,23). The highest BCUT2D eigenvalue weighted by atomic mass is 32.2. The first kappa shape index (κ1) is 18.5. The molecule has 1 amide bonds. The summed E-state index contributed by atoms with van der Waals surface area (Å²) in [7, 11) is 1.63. The number of benzene rings is 2. The van der Waals surface area contributed by atoms with Gasteiger partial charge in [0, 0.05) is 15.8 Å². The molecule has 3 aromatic rings. The molecule has 3 rings (SSSR count). The number of rotatable bonds is 7. The van der Waals surface area contributed by atoms with Gasteiger partial charge in [-0.3, -0.25) is 4.79 Å². The van der Waals surface area contributed by atoms with Crippen LogP contribution in [0.5, 0.6) is 5.75 Å². The lowest BCUT2D eigenvalue weighted by Crippen LogP contribution is -2.13. The van der Waals surface area contributed by atoms with Crippen LogP contribution >= 0.6 is 23.1 Å². The zero-order valence-corrected chi connectivity index (χ0v) is 16.3. The van der Waals surface area contributed by atoms with Crippen molar-refractivity contribution in [3.8, 4) is 17.0 Å². The number of hydrogen-bond donors (Lipinski definition) is 1. The highest BCUT2D eigenvalue weighted by Gasteiger charge is 2.09. The minimum atomic E-state index is -0.0620. The fourth-order valence-corrected chi connectivity index (χ4v) is 3.79. The molecule has 0 spiro atoms. The summed E-state index contributed by atoms with van der Waals surface area (Å²) in [5.41, 5.74) is 3.25. The van der Waals surface area contributed by atoms with Gasteiger partial charge in [0.25, 0.3) is 0 Å². The van der Waals surface area contributed by atoms with Crippen LogP contribution in [0.3, 0.4) is 0 Å². The van der Waals surface area contributed by atoms with Gasteiger partial charge in [-0.05, 0) is 36.2 Å². The van der Waals surface area contributed by atoms with E-state index in [1.807, 2.05) is 29.6 Å². The maximum Gasteiger partial charge on any atom is 0.236 e. The number of amides is 1. The molecule has 6 heteroatoms. The summed E-state index contributed by atoms with van der Waals surface area (Å²) in [5, 5.41) is 5.46. The summed E-state index contributed by atoms with van der Waals surface area (Å²) < 4.78 is 5.13. The molecule has 1 aromatic heterocycles. The molecule has 26 heavy (non-hydrogen) atoms. The second-order valence-corrected chi connectivity index (χ2v) is 7.51. The summed E-state index contributed by atoms with van der Waals surface area (Å²) in [4.78, 5) is 17.7. The van der Waals surface area contributed by atoms with E-state index in [0.717, 1.165) is 28.3 Å². The van der Waals surface area contributed by atoms with Crippen molar-refractivity contribution in [3.63, 3.8) is 0 Å². The Morgan fingerprint density at radius 2 is 1.88 bits per heavy atom. The molecule has 4 nitrogen and oxygen atoms in total. The molecular formula is C20H20N2O2S2. The molecule has 0 bridgehead atoms. The Balaban J connectivity index is 1.55. The van der Waals surface area contributed by atoms with Crippen LogP contribution < -0.4 is 10.1 Å². The maximum absolute atomic E-state index is 12.1. The number of aromatic nitrogens is 1. The van der Waals surface area contributed by atoms with Gasteiger partial charge in [0.15, 0.2) is 5.13 Å². The highest BCUT2D eigenvalue weighted by molar-refractivity contribution is 8.00. The van der Waals surface area contributed by atoms with E-state index in [2.05, 4.69) is 41.5 Å². The van der Waals surface area contributed by atoms with Crippen LogP contribution in [-0.4, -0.2) is 23.8 Å². The van der Waals surface area contributed by atoms with E-state index in [-0.39, 0.29) is 5.91 Å². The Morgan fingerprint density at radius 3 is 2.54 bits per heavy atom. The van der Waals surface area contributed by atoms with Crippen LogP contribution in [0.25, 0.3) is 11.3 Å². The van der Waals surface area contributed by atoms with Crippen molar-refractivity contribution in [2.45, 2.75) is 18.2 Å².